The highest BCUT2D eigenvalue weighted by Gasteiger charge is 2.35. The summed E-state index contributed by atoms with van der Waals surface area (Å²) in [6, 6.07) is -0.727. The van der Waals surface area contributed by atoms with Crippen molar-refractivity contribution < 1.29 is 19.8 Å². The maximum atomic E-state index is 11.7. The zero-order valence-electron chi connectivity index (χ0n) is 10.8. The number of carboxylic acids is 1. The van der Waals surface area contributed by atoms with E-state index >= 15 is 0 Å². The number of carboxylic acid groups (broad SMARTS) is 1. The summed E-state index contributed by atoms with van der Waals surface area (Å²) < 4.78 is 0. The topological polar surface area (TPSA) is 102 Å². The van der Waals surface area contributed by atoms with Crippen molar-refractivity contribution in [2.75, 3.05) is 19.7 Å². The number of carbonyl (C=O) groups excluding carboxylic acids is 1. The first-order valence-corrected chi connectivity index (χ1v) is 6.75. The largest absolute Gasteiger partial charge is 0.480 e. The summed E-state index contributed by atoms with van der Waals surface area (Å²) in [6.45, 7) is 1.57. The molecule has 0 bridgehead atoms. The van der Waals surface area contributed by atoms with Gasteiger partial charge in [0.15, 0.2) is 0 Å². The van der Waals surface area contributed by atoms with Crippen LogP contribution in [0.3, 0.4) is 0 Å². The second kappa shape index (κ2) is 6.21. The molecule has 1 aliphatic heterocycles. The van der Waals surface area contributed by atoms with E-state index < -0.39 is 18.0 Å². The van der Waals surface area contributed by atoms with Crippen molar-refractivity contribution in [1.29, 1.82) is 0 Å². The average molecular weight is 271 g/mol. The molecule has 2 aliphatic rings. The van der Waals surface area contributed by atoms with Gasteiger partial charge in [0.05, 0.1) is 0 Å². The fourth-order valence-corrected chi connectivity index (χ4v) is 2.45. The number of likely N-dealkylation sites (tertiary alicyclic amines) is 1. The molecule has 108 valence electrons. The summed E-state index contributed by atoms with van der Waals surface area (Å²) in [7, 11) is 0. The maximum Gasteiger partial charge on any atom is 0.326 e. The van der Waals surface area contributed by atoms with Gasteiger partial charge in [-0.25, -0.2) is 9.59 Å². The Morgan fingerprint density at radius 3 is 2.63 bits per heavy atom. The molecule has 0 aromatic carbocycles. The lowest BCUT2D eigenvalue weighted by molar-refractivity contribution is -0.139. The van der Waals surface area contributed by atoms with Crippen LogP contribution in [0.1, 0.15) is 25.7 Å². The average Bonchev–Trinajstić information content (AvgIpc) is 3.10. The molecule has 0 radical (unpaired) electrons. The molecule has 7 nitrogen and oxygen atoms in total. The predicted molar refractivity (Wildman–Crippen MR) is 67.8 cm³/mol. The molecule has 2 amide bonds. The number of rotatable bonds is 6. The SMILES string of the molecule is O=C(NC1CCN(C2CC2)C1)NC(CCO)C(=O)O. The highest BCUT2D eigenvalue weighted by Crippen LogP contribution is 2.29. The normalized spacial score (nSPS) is 25.0. The van der Waals surface area contributed by atoms with Gasteiger partial charge < -0.3 is 20.8 Å². The lowest BCUT2D eigenvalue weighted by Crippen LogP contribution is -2.49. The third-order valence-electron chi connectivity index (χ3n) is 3.64. The van der Waals surface area contributed by atoms with Crippen LogP contribution < -0.4 is 10.6 Å². The van der Waals surface area contributed by atoms with Gasteiger partial charge in [0, 0.05) is 38.2 Å². The van der Waals surface area contributed by atoms with Crippen LogP contribution in [0.4, 0.5) is 4.79 Å². The summed E-state index contributed by atoms with van der Waals surface area (Å²) in [4.78, 5) is 24.9. The zero-order valence-corrected chi connectivity index (χ0v) is 10.8. The molecule has 2 atom stereocenters. The van der Waals surface area contributed by atoms with Crippen LogP contribution >= 0.6 is 0 Å². The maximum absolute atomic E-state index is 11.7. The number of aliphatic hydroxyl groups excluding tert-OH is 1. The molecule has 1 heterocycles. The first kappa shape index (κ1) is 14.1. The highest BCUT2D eigenvalue weighted by molar-refractivity contribution is 5.82. The molecular weight excluding hydrogens is 250 g/mol. The van der Waals surface area contributed by atoms with E-state index in [4.69, 9.17) is 10.2 Å². The Bertz CT molecular complexity index is 346. The van der Waals surface area contributed by atoms with Crippen LogP contribution in [-0.4, -0.2) is 64.9 Å². The van der Waals surface area contributed by atoms with Crippen molar-refractivity contribution in [3.05, 3.63) is 0 Å². The van der Waals surface area contributed by atoms with Crippen molar-refractivity contribution in [3.63, 3.8) is 0 Å². The van der Waals surface area contributed by atoms with Crippen LogP contribution in [0.15, 0.2) is 0 Å². The van der Waals surface area contributed by atoms with Crippen LogP contribution in [0, 0.1) is 0 Å². The van der Waals surface area contributed by atoms with E-state index in [9.17, 15) is 9.59 Å². The van der Waals surface area contributed by atoms with Crippen LogP contribution in [0.5, 0.6) is 0 Å². The van der Waals surface area contributed by atoms with E-state index in [0.29, 0.717) is 6.04 Å². The Balaban J connectivity index is 1.72. The van der Waals surface area contributed by atoms with E-state index in [1.165, 1.54) is 12.8 Å². The number of nitrogens with one attached hydrogen (secondary N) is 2. The van der Waals surface area contributed by atoms with Crippen molar-refractivity contribution in [2.24, 2.45) is 0 Å². The van der Waals surface area contributed by atoms with E-state index in [2.05, 4.69) is 15.5 Å². The number of aliphatic hydroxyl groups is 1. The fraction of sp³-hybridized carbons (Fsp3) is 0.833. The molecule has 1 aliphatic carbocycles. The Kier molecular flexibility index (Phi) is 4.60. The van der Waals surface area contributed by atoms with Gasteiger partial charge in [0.1, 0.15) is 6.04 Å². The van der Waals surface area contributed by atoms with Gasteiger partial charge in [0.25, 0.3) is 0 Å². The lowest BCUT2D eigenvalue weighted by atomic mass is 10.2. The molecule has 1 saturated heterocycles. The molecule has 2 unspecified atom stereocenters. The van der Waals surface area contributed by atoms with Gasteiger partial charge in [-0.05, 0) is 19.3 Å². The Labute approximate surface area is 112 Å². The summed E-state index contributed by atoms with van der Waals surface area (Å²) in [6.07, 6.45) is 3.41. The van der Waals surface area contributed by atoms with E-state index in [0.717, 1.165) is 19.5 Å². The number of hydrogen-bond acceptors (Lipinski definition) is 4. The number of amides is 2. The second-order valence-corrected chi connectivity index (χ2v) is 5.23. The summed E-state index contributed by atoms with van der Waals surface area (Å²) in [5, 5.41) is 22.8. The molecule has 4 N–H and O–H groups in total. The summed E-state index contributed by atoms with van der Waals surface area (Å²) in [5.41, 5.74) is 0. The van der Waals surface area contributed by atoms with Crippen LogP contribution in [-0.2, 0) is 4.79 Å². The van der Waals surface area contributed by atoms with E-state index in [-0.39, 0.29) is 19.1 Å². The highest BCUT2D eigenvalue weighted by atomic mass is 16.4. The molecule has 0 aromatic heterocycles. The van der Waals surface area contributed by atoms with Gasteiger partial charge >= 0.3 is 12.0 Å². The van der Waals surface area contributed by atoms with Gasteiger partial charge in [0.2, 0.25) is 0 Å². The summed E-state index contributed by atoms with van der Waals surface area (Å²) >= 11 is 0. The minimum absolute atomic E-state index is 0.0155. The second-order valence-electron chi connectivity index (χ2n) is 5.23. The Hall–Kier alpha value is -1.34. The third-order valence-corrected chi connectivity index (χ3v) is 3.64. The Morgan fingerprint density at radius 1 is 1.32 bits per heavy atom. The fourth-order valence-electron chi connectivity index (χ4n) is 2.45. The van der Waals surface area contributed by atoms with Crippen molar-refractivity contribution >= 4 is 12.0 Å². The predicted octanol–water partition coefficient (Wildman–Crippen LogP) is -0.642. The zero-order chi connectivity index (χ0) is 13.8. The van der Waals surface area contributed by atoms with Crippen molar-refractivity contribution in [1.82, 2.24) is 15.5 Å². The van der Waals surface area contributed by atoms with Gasteiger partial charge in [-0.15, -0.1) is 0 Å². The van der Waals surface area contributed by atoms with Crippen molar-refractivity contribution in [3.8, 4) is 0 Å². The summed E-state index contributed by atoms with van der Waals surface area (Å²) in [5.74, 6) is -1.13. The molecule has 2 fully saturated rings. The quantitative estimate of drug-likeness (QED) is 0.514. The molecule has 2 rings (SSSR count). The van der Waals surface area contributed by atoms with E-state index in [1.807, 2.05) is 0 Å². The van der Waals surface area contributed by atoms with Crippen LogP contribution in [0.2, 0.25) is 0 Å². The number of urea groups is 1. The smallest absolute Gasteiger partial charge is 0.326 e. The standard InChI is InChI=1S/C12H21N3O4/c16-6-4-10(11(17)18)14-12(19)13-8-3-5-15(7-8)9-1-2-9/h8-10,16H,1-7H2,(H,17,18)(H2,13,14,19). The van der Waals surface area contributed by atoms with Gasteiger partial charge in [-0.2, -0.15) is 0 Å². The number of aliphatic carboxylic acids is 1. The van der Waals surface area contributed by atoms with E-state index in [1.54, 1.807) is 0 Å². The number of carbonyl (C=O) groups is 2. The molecule has 19 heavy (non-hydrogen) atoms. The van der Waals surface area contributed by atoms with Gasteiger partial charge in [-0.3, -0.25) is 4.90 Å². The first-order valence-electron chi connectivity index (χ1n) is 6.75. The first-order chi connectivity index (χ1) is 9.10. The molecular formula is C12H21N3O4. The number of nitrogens with zero attached hydrogens (tertiary/aromatic N) is 1. The molecule has 1 saturated carbocycles. The molecule has 7 heteroatoms. The van der Waals surface area contributed by atoms with Gasteiger partial charge in [-0.1, -0.05) is 0 Å². The minimum Gasteiger partial charge on any atom is -0.480 e. The van der Waals surface area contributed by atoms with Crippen molar-refractivity contribution in [2.45, 2.75) is 43.8 Å². The Morgan fingerprint density at radius 2 is 2.05 bits per heavy atom. The molecule has 0 spiro atoms. The lowest BCUT2D eigenvalue weighted by Gasteiger charge is -2.18. The van der Waals surface area contributed by atoms with Crippen LogP contribution in [0.25, 0.3) is 0 Å². The third kappa shape index (κ3) is 4.07. The number of hydrogen-bond donors (Lipinski definition) is 4. The minimum atomic E-state index is -1.13. The molecule has 0 aromatic rings. The monoisotopic (exact) mass is 271 g/mol.